The van der Waals surface area contributed by atoms with Crippen LogP contribution in [-0.2, 0) is 16.0 Å². The Bertz CT molecular complexity index is 1140. The van der Waals surface area contributed by atoms with Crippen LogP contribution in [0.2, 0.25) is 10.0 Å². The lowest BCUT2D eigenvalue weighted by Gasteiger charge is -2.14. The first-order valence-electron chi connectivity index (χ1n) is 9.61. The molecular weight excluding hydrogens is 476 g/mol. The predicted molar refractivity (Wildman–Crippen MR) is 125 cm³/mol. The second kappa shape index (κ2) is 10.8. The average molecular weight is 496 g/mol. The molecule has 0 fully saturated rings. The van der Waals surface area contributed by atoms with Crippen LogP contribution in [0.25, 0.3) is 0 Å². The third-order valence-electron chi connectivity index (χ3n) is 4.28. The van der Waals surface area contributed by atoms with E-state index in [9.17, 15) is 14.0 Å². The van der Waals surface area contributed by atoms with Gasteiger partial charge in [-0.05, 0) is 38.1 Å². The van der Waals surface area contributed by atoms with Crippen LogP contribution in [0.3, 0.4) is 0 Å². The quantitative estimate of drug-likeness (QED) is 0.418. The lowest BCUT2D eigenvalue weighted by atomic mass is 10.3. The number of aromatic nitrogens is 3. The normalized spacial score (nSPS) is 10.9. The summed E-state index contributed by atoms with van der Waals surface area (Å²) in [6.45, 7) is 3.83. The summed E-state index contributed by atoms with van der Waals surface area (Å²) in [5, 5.41) is 14.6. The average Bonchev–Trinajstić information content (AvgIpc) is 3.14. The molecule has 1 aromatic heterocycles. The molecule has 3 rings (SSSR count). The van der Waals surface area contributed by atoms with Crippen LogP contribution in [-0.4, -0.2) is 32.3 Å². The molecule has 11 heteroatoms. The van der Waals surface area contributed by atoms with Gasteiger partial charge in [-0.1, -0.05) is 53.2 Å². The second-order valence-electron chi connectivity index (χ2n) is 7.01. The van der Waals surface area contributed by atoms with Gasteiger partial charge in [-0.15, -0.1) is 10.2 Å². The molecule has 0 spiro atoms. The molecule has 2 N–H and O–H groups in total. The van der Waals surface area contributed by atoms with E-state index in [1.165, 1.54) is 23.9 Å². The molecule has 0 aliphatic heterocycles. The van der Waals surface area contributed by atoms with Gasteiger partial charge in [-0.2, -0.15) is 0 Å². The van der Waals surface area contributed by atoms with Crippen LogP contribution in [0.5, 0.6) is 0 Å². The fraction of sp³-hybridized carbons (Fsp3) is 0.238. The highest BCUT2D eigenvalue weighted by Crippen LogP contribution is 2.30. The molecule has 0 saturated carbocycles. The zero-order valence-corrected chi connectivity index (χ0v) is 19.6. The zero-order chi connectivity index (χ0) is 23.3. The number of carbonyl (C=O) groups excluding carboxylic acids is 2. The van der Waals surface area contributed by atoms with Gasteiger partial charge in [0.2, 0.25) is 11.8 Å². The summed E-state index contributed by atoms with van der Waals surface area (Å²) in [7, 11) is 0. The van der Waals surface area contributed by atoms with Gasteiger partial charge in [0.25, 0.3) is 0 Å². The summed E-state index contributed by atoms with van der Waals surface area (Å²) in [6, 6.07) is 10.8. The molecule has 1 heterocycles. The van der Waals surface area contributed by atoms with E-state index >= 15 is 0 Å². The number of carbonyl (C=O) groups is 2. The van der Waals surface area contributed by atoms with Crippen molar-refractivity contribution >= 4 is 58.2 Å². The Hall–Kier alpha value is -2.62. The minimum atomic E-state index is -0.520. The van der Waals surface area contributed by atoms with Crippen LogP contribution in [0.15, 0.2) is 47.6 Å². The number of halogens is 3. The van der Waals surface area contributed by atoms with E-state index < -0.39 is 11.7 Å². The fourth-order valence-corrected chi connectivity index (χ4v) is 4.10. The van der Waals surface area contributed by atoms with E-state index in [1.54, 1.807) is 34.9 Å². The van der Waals surface area contributed by atoms with Crippen molar-refractivity contribution in [3.8, 4) is 0 Å². The van der Waals surface area contributed by atoms with Crippen molar-refractivity contribution in [2.24, 2.45) is 0 Å². The second-order valence-corrected chi connectivity index (χ2v) is 8.73. The van der Waals surface area contributed by atoms with Crippen LogP contribution in [0.4, 0.5) is 15.8 Å². The van der Waals surface area contributed by atoms with E-state index in [4.69, 9.17) is 23.2 Å². The maximum atomic E-state index is 13.8. The minimum absolute atomic E-state index is 0.0507. The highest BCUT2D eigenvalue weighted by atomic mass is 35.5. The maximum absolute atomic E-state index is 13.8. The smallest absolute Gasteiger partial charge is 0.234 e. The summed E-state index contributed by atoms with van der Waals surface area (Å²) >= 11 is 13.2. The molecule has 2 aromatic carbocycles. The lowest BCUT2D eigenvalue weighted by molar-refractivity contribution is -0.116. The molecule has 32 heavy (non-hydrogen) atoms. The van der Waals surface area contributed by atoms with Gasteiger partial charge in [0.05, 0.1) is 33.6 Å². The van der Waals surface area contributed by atoms with Gasteiger partial charge in [0.1, 0.15) is 11.6 Å². The number of nitrogens with zero attached hydrogens (tertiary/aromatic N) is 3. The Morgan fingerprint density at radius 2 is 1.72 bits per heavy atom. The third kappa shape index (κ3) is 5.99. The van der Waals surface area contributed by atoms with E-state index in [0.29, 0.717) is 21.7 Å². The standard InChI is InChI=1S/C21H20Cl2FN5O2S/c1-12(2)29-17(10-18(30)25-15-8-4-3-7-14(15)24)27-28-21(29)32-11-19(31)26-16-9-5-6-13(22)20(16)23/h3-9,12H,10-11H2,1-2H3,(H,25,30)(H,26,31). The first kappa shape index (κ1) is 24.0. The Morgan fingerprint density at radius 3 is 2.44 bits per heavy atom. The number of hydrogen-bond donors (Lipinski definition) is 2. The van der Waals surface area contributed by atoms with Gasteiger partial charge in [0.15, 0.2) is 5.16 Å². The molecule has 0 bridgehead atoms. The topological polar surface area (TPSA) is 88.9 Å². The van der Waals surface area contributed by atoms with Gasteiger partial charge in [0, 0.05) is 6.04 Å². The van der Waals surface area contributed by atoms with Crippen molar-refractivity contribution in [1.29, 1.82) is 0 Å². The number of amides is 2. The summed E-state index contributed by atoms with van der Waals surface area (Å²) in [6.07, 6.45) is -0.0929. The van der Waals surface area contributed by atoms with Crippen molar-refractivity contribution in [3.05, 3.63) is 64.2 Å². The molecule has 168 valence electrons. The van der Waals surface area contributed by atoms with Gasteiger partial charge >= 0.3 is 0 Å². The van der Waals surface area contributed by atoms with Gasteiger partial charge in [-0.25, -0.2) is 4.39 Å². The van der Waals surface area contributed by atoms with Crippen LogP contribution < -0.4 is 10.6 Å². The Morgan fingerprint density at radius 1 is 1.03 bits per heavy atom. The highest BCUT2D eigenvalue weighted by molar-refractivity contribution is 7.99. The number of benzene rings is 2. The number of anilines is 2. The van der Waals surface area contributed by atoms with Crippen molar-refractivity contribution in [2.45, 2.75) is 31.5 Å². The molecule has 0 saturated heterocycles. The lowest BCUT2D eigenvalue weighted by Crippen LogP contribution is -2.19. The maximum Gasteiger partial charge on any atom is 0.234 e. The largest absolute Gasteiger partial charge is 0.324 e. The zero-order valence-electron chi connectivity index (χ0n) is 17.2. The SMILES string of the molecule is CC(C)n1c(CC(=O)Nc2ccccc2F)nnc1SCC(=O)Nc1cccc(Cl)c1Cl. The van der Waals surface area contributed by atoms with E-state index in [2.05, 4.69) is 20.8 Å². The van der Waals surface area contributed by atoms with Crippen LogP contribution >= 0.6 is 35.0 Å². The van der Waals surface area contributed by atoms with E-state index in [-0.39, 0.29) is 34.8 Å². The van der Waals surface area contributed by atoms with Crippen molar-refractivity contribution in [2.75, 3.05) is 16.4 Å². The first-order chi connectivity index (χ1) is 15.3. The predicted octanol–water partition coefficient (Wildman–Crippen LogP) is 5.22. The molecule has 0 aliphatic carbocycles. The van der Waals surface area contributed by atoms with Crippen LogP contribution in [0.1, 0.15) is 25.7 Å². The monoisotopic (exact) mass is 495 g/mol. The number of hydrogen-bond acceptors (Lipinski definition) is 5. The van der Waals surface area contributed by atoms with E-state index in [0.717, 1.165) is 0 Å². The summed E-state index contributed by atoms with van der Waals surface area (Å²) < 4.78 is 15.5. The molecule has 0 radical (unpaired) electrons. The summed E-state index contributed by atoms with van der Waals surface area (Å²) in [5.74, 6) is -0.775. The molecule has 0 unspecified atom stereocenters. The number of nitrogens with one attached hydrogen (secondary N) is 2. The molecular formula is C21H20Cl2FN5O2S. The van der Waals surface area contributed by atoms with Gasteiger partial charge in [-0.3, -0.25) is 9.59 Å². The van der Waals surface area contributed by atoms with Crippen molar-refractivity contribution in [3.63, 3.8) is 0 Å². The Labute approximate surface area is 198 Å². The van der Waals surface area contributed by atoms with Crippen molar-refractivity contribution in [1.82, 2.24) is 14.8 Å². The third-order valence-corrected chi connectivity index (χ3v) is 6.04. The number of para-hydroxylation sites is 1. The molecule has 2 amide bonds. The molecule has 3 aromatic rings. The number of rotatable bonds is 8. The fourth-order valence-electron chi connectivity index (χ4n) is 2.86. The van der Waals surface area contributed by atoms with E-state index in [1.807, 2.05) is 13.8 Å². The number of thioether (sulfide) groups is 1. The Balaban J connectivity index is 1.65. The van der Waals surface area contributed by atoms with Gasteiger partial charge < -0.3 is 15.2 Å². The van der Waals surface area contributed by atoms with Crippen molar-refractivity contribution < 1.29 is 14.0 Å². The van der Waals surface area contributed by atoms with Crippen LogP contribution in [0, 0.1) is 5.82 Å². The summed E-state index contributed by atoms with van der Waals surface area (Å²) in [4.78, 5) is 24.8. The Kier molecular flexibility index (Phi) is 8.11. The highest BCUT2D eigenvalue weighted by Gasteiger charge is 2.19. The molecule has 7 nitrogen and oxygen atoms in total. The summed E-state index contributed by atoms with van der Waals surface area (Å²) in [5.41, 5.74) is 0.514. The molecule has 0 aliphatic rings. The molecule has 0 atom stereocenters. The minimum Gasteiger partial charge on any atom is -0.324 e. The first-order valence-corrected chi connectivity index (χ1v) is 11.3.